The molecule has 7 fully saturated rings. The van der Waals surface area contributed by atoms with E-state index in [1.54, 1.807) is 0 Å². The first-order valence-corrected chi connectivity index (χ1v) is 29.2. The van der Waals surface area contributed by atoms with Gasteiger partial charge in [-0.1, -0.05) is 117 Å². The van der Waals surface area contributed by atoms with Crippen LogP contribution in [0, 0.1) is 0 Å². The van der Waals surface area contributed by atoms with E-state index in [-0.39, 0.29) is 24.8 Å². The molecule has 82 heavy (non-hydrogen) atoms. The summed E-state index contributed by atoms with van der Waals surface area (Å²) in [6.07, 6.45) is 8.26. The fourth-order valence-corrected chi connectivity index (χ4v) is 7.52. The van der Waals surface area contributed by atoms with Crippen LogP contribution in [0.1, 0.15) is 57.7 Å². The van der Waals surface area contributed by atoms with Crippen LogP contribution in [-0.2, 0) is 95.5 Å². The van der Waals surface area contributed by atoms with Crippen molar-refractivity contribution >= 4 is 0 Å². The first-order valence-electron chi connectivity index (χ1n) is 29.2. The Bertz CT molecular complexity index is 1990. The Kier molecular flexibility index (Phi) is 35.2. The van der Waals surface area contributed by atoms with Crippen molar-refractivity contribution in [2.45, 2.75) is 122 Å². The minimum atomic E-state index is -0.440. The molecule has 7 saturated heterocycles. The van der Waals surface area contributed by atoms with Crippen molar-refractivity contribution in [1.29, 1.82) is 0 Å². The average Bonchev–Trinajstić information content (AvgIpc) is 4.27. The molecule has 0 N–H and O–H groups in total. The van der Waals surface area contributed by atoms with Crippen molar-refractivity contribution in [3.05, 3.63) is 146 Å². The van der Waals surface area contributed by atoms with Crippen molar-refractivity contribution in [1.82, 2.24) is 9.80 Å². The van der Waals surface area contributed by atoms with E-state index >= 15 is 0 Å². The van der Waals surface area contributed by atoms with E-state index in [4.69, 9.17) is 75.8 Å². The van der Waals surface area contributed by atoms with E-state index < -0.39 is 5.79 Å². The molecule has 0 spiro atoms. The van der Waals surface area contributed by atoms with Gasteiger partial charge in [0, 0.05) is 45.9 Å². The lowest BCUT2D eigenvalue weighted by atomic mass is 10.1. The van der Waals surface area contributed by atoms with Gasteiger partial charge in [-0.05, 0) is 50.8 Å². The predicted molar refractivity (Wildman–Crippen MR) is 314 cm³/mol. The first-order chi connectivity index (χ1) is 40.0. The molecule has 0 amide bonds. The number of rotatable bonds is 37. The van der Waals surface area contributed by atoms with Gasteiger partial charge in [0.25, 0.3) is 0 Å². The third kappa shape index (κ3) is 38.0. The Hall–Kier alpha value is -4.00. The maximum Gasteiger partial charge on any atom is 0.163 e. The summed E-state index contributed by atoms with van der Waals surface area (Å²) in [5.74, 6) is -0.440. The summed E-state index contributed by atoms with van der Waals surface area (Å²) in [4.78, 5) is 4.72. The van der Waals surface area contributed by atoms with Gasteiger partial charge in [0.15, 0.2) is 18.4 Å². The zero-order valence-electron chi connectivity index (χ0n) is 49.8. The van der Waals surface area contributed by atoms with Crippen LogP contribution in [-0.4, -0.2) is 209 Å². The number of hydrogen-bond donors (Lipinski definition) is 0. The standard InChI is InChI=1S/C17H19NO.C14H20O4.C9H15NO.C9H16O4.C8H16O3.C7H12O3/c1-3-7-15(8-4-1)11-18(13-17-14-19-17)12-16-9-5-2-6-10-16;1-12(17-10-14-11-18-14)16-8-7-15-9-13-5-3-2-4-6-13;1-3-5-10(6-4-2)7-9-8-11-9;1-9(2)12-6-8(13-9)4-10-3-7-5-11-7;1-3-4-9-7(2)10-5-8-6-11-8;1-2-8-3-4-9-5-7-6-10-7/h1-10,17H,11-14H2;2-6,12,14H,7-11H2,1H3;3-4,9H,1-2,5-8H2;7-8H,3-6H2,1-2H3;7-8H,3-6H2,1-2H3;2,7H,1,3-6H2. The van der Waals surface area contributed by atoms with Crippen LogP contribution in [0.25, 0.3) is 0 Å². The van der Waals surface area contributed by atoms with Gasteiger partial charge in [0.1, 0.15) is 37.1 Å². The molecule has 0 saturated carbocycles. The SMILES string of the molecule is C=CCN(CC=C)CC1CO1.C=COCCOCC1CO1.CC(OCCOCc1ccccc1)OCC1CO1.CC1(C)OCC(COCC2CO2)O1.CCCOC(C)OCC1CO1.c1ccc(CN(Cc2ccccc2)CC2CO2)cc1. The summed E-state index contributed by atoms with van der Waals surface area (Å²) in [5, 5.41) is 0. The second-order valence-electron chi connectivity index (χ2n) is 20.9. The maximum absolute atomic E-state index is 5.56. The van der Waals surface area contributed by atoms with Crippen molar-refractivity contribution in [2.24, 2.45) is 0 Å². The summed E-state index contributed by atoms with van der Waals surface area (Å²) < 4.78 is 83.8. The molecular formula is C64H98N2O16. The van der Waals surface area contributed by atoms with E-state index in [1.165, 1.54) is 23.0 Å². The molecular weight excluding hydrogens is 1050 g/mol. The highest BCUT2D eigenvalue weighted by atomic mass is 16.8. The Morgan fingerprint density at radius 1 is 0.488 bits per heavy atom. The zero-order chi connectivity index (χ0) is 58.3. The summed E-state index contributed by atoms with van der Waals surface area (Å²) >= 11 is 0. The minimum absolute atomic E-state index is 0.0775. The molecule has 0 bridgehead atoms. The highest BCUT2D eigenvalue weighted by Gasteiger charge is 2.33. The smallest absolute Gasteiger partial charge is 0.163 e. The normalized spacial score (nSPS) is 23.2. The van der Waals surface area contributed by atoms with Crippen molar-refractivity contribution in [3.63, 3.8) is 0 Å². The van der Waals surface area contributed by atoms with Gasteiger partial charge in [-0.25, -0.2) is 0 Å². The van der Waals surface area contributed by atoms with Crippen molar-refractivity contribution in [2.75, 3.05) is 138 Å². The topological polar surface area (TPSA) is 174 Å². The van der Waals surface area contributed by atoms with Crippen LogP contribution in [0.5, 0.6) is 0 Å². The van der Waals surface area contributed by atoms with Gasteiger partial charge in [-0.15, -0.1) is 13.2 Å². The second kappa shape index (κ2) is 41.9. The van der Waals surface area contributed by atoms with E-state index in [0.717, 1.165) is 91.9 Å². The number of epoxide rings is 6. The molecule has 3 aromatic carbocycles. The number of nitrogens with zero attached hydrogens (tertiary/aromatic N) is 2. The lowest BCUT2D eigenvalue weighted by Gasteiger charge is -2.21. The molecule has 18 nitrogen and oxygen atoms in total. The van der Waals surface area contributed by atoms with Gasteiger partial charge in [0.05, 0.1) is 124 Å². The molecule has 7 aliphatic heterocycles. The molecule has 0 aromatic heterocycles. The molecule has 18 heteroatoms. The van der Waals surface area contributed by atoms with Crippen LogP contribution >= 0.6 is 0 Å². The van der Waals surface area contributed by atoms with Crippen LogP contribution in [0.4, 0.5) is 0 Å². The molecule has 10 rings (SSSR count). The molecule has 7 aliphatic rings. The molecule has 9 unspecified atom stereocenters. The van der Waals surface area contributed by atoms with E-state index in [1.807, 2.05) is 70.2 Å². The molecule has 0 radical (unpaired) electrons. The van der Waals surface area contributed by atoms with Crippen LogP contribution in [0.3, 0.4) is 0 Å². The van der Waals surface area contributed by atoms with Crippen molar-refractivity contribution in [3.8, 4) is 0 Å². The predicted octanol–water partition coefficient (Wildman–Crippen LogP) is 8.42. The van der Waals surface area contributed by atoms with Crippen molar-refractivity contribution < 1.29 is 75.8 Å². The molecule has 7 heterocycles. The molecule has 3 aromatic rings. The second-order valence-corrected chi connectivity index (χ2v) is 20.9. The van der Waals surface area contributed by atoms with Gasteiger partial charge in [-0.2, -0.15) is 0 Å². The molecule has 9 atom stereocenters. The Balaban J connectivity index is 0.000000184. The Morgan fingerprint density at radius 2 is 0.915 bits per heavy atom. The quantitative estimate of drug-likeness (QED) is 0.0177. The van der Waals surface area contributed by atoms with E-state index in [2.05, 4.69) is 97.1 Å². The van der Waals surface area contributed by atoms with E-state index in [9.17, 15) is 0 Å². The van der Waals surface area contributed by atoms with Gasteiger partial charge >= 0.3 is 0 Å². The maximum atomic E-state index is 5.56. The monoisotopic (exact) mass is 1150 g/mol. The third-order valence-electron chi connectivity index (χ3n) is 12.3. The highest BCUT2D eigenvalue weighted by molar-refractivity contribution is 5.17. The lowest BCUT2D eigenvalue weighted by molar-refractivity contribution is -0.145. The minimum Gasteiger partial charge on any atom is -0.499 e. The van der Waals surface area contributed by atoms with Gasteiger partial charge < -0.3 is 75.8 Å². The van der Waals surface area contributed by atoms with Crippen LogP contribution < -0.4 is 0 Å². The van der Waals surface area contributed by atoms with Gasteiger partial charge in [0.2, 0.25) is 0 Å². The Labute approximate surface area is 490 Å². The lowest BCUT2D eigenvalue weighted by Crippen LogP contribution is -2.28. The largest absolute Gasteiger partial charge is 0.499 e. The first kappa shape index (κ1) is 68.8. The highest BCUT2D eigenvalue weighted by Crippen LogP contribution is 2.23. The van der Waals surface area contributed by atoms with Crippen LogP contribution in [0.15, 0.2) is 129 Å². The Morgan fingerprint density at radius 3 is 1.35 bits per heavy atom. The van der Waals surface area contributed by atoms with E-state index in [0.29, 0.717) is 103 Å². The fourth-order valence-electron chi connectivity index (χ4n) is 7.52. The number of ether oxygens (including phenoxy) is 16. The van der Waals surface area contributed by atoms with Crippen LogP contribution in [0.2, 0.25) is 0 Å². The zero-order valence-corrected chi connectivity index (χ0v) is 49.8. The average molecular weight is 1150 g/mol. The van der Waals surface area contributed by atoms with Gasteiger partial charge in [-0.3, -0.25) is 9.80 Å². The summed E-state index contributed by atoms with van der Waals surface area (Å²) in [6, 6.07) is 31.4. The number of hydrogen-bond acceptors (Lipinski definition) is 18. The molecule has 0 aliphatic carbocycles. The summed E-state index contributed by atoms with van der Waals surface area (Å²) in [6.45, 7) is 39.1. The third-order valence-corrected chi connectivity index (χ3v) is 12.3. The fraction of sp³-hybridized carbons (Fsp3) is 0.625. The molecule has 460 valence electrons. The summed E-state index contributed by atoms with van der Waals surface area (Å²) in [5.41, 5.74) is 3.89. The number of benzene rings is 3. The summed E-state index contributed by atoms with van der Waals surface area (Å²) in [7, 11) is 0.